The van der Waals surface area contributed by atoms with Crippen LogP contribution in [0.25, 0.3) is 16.8 Å². The number of nitrogens with zero attached hydrogens (tertiary/aromatic N) is 5. The molecule has 30 heavy (non-hydrogen) atoms. The molecular weight excluding hydrogens is 406 g/mol. The van der Waals surface area contributed by atoms with E-state index in [0.29, 0.717) is 24.4 Å². The Morgan fingerprint density at radius 3 is 2.80 bits per heavy atom. The van der Waals surface area contributed by atoms with Crippen LogP contribution in [0.2, 0.25) is 0 Å². The maximum Gasteiger partial charge on any atom is 0.243 e. The van der Waals surface area contributed by atoms with Crippen LogP contribution >= 0.6 is 0 Å². The van der Waals surface area contributed by atoms with E-state index < -0.39 is 11.1 Å². The van der Waals surface area contributed by atoms with Crippen LogP contribution in [0.1, 0.15) is 25.7 Å². The Morgan fingerprint density at radius 1 is 1.27 bits per heavy atom. The first-order valence-corrected chi connectivity index (χ1v) is 11.5. The molecule has 0 bridgehead atoms. The Kier molecular flexibility index (Phi) is 5.40. The fourth-order valence-corrected chi connectivity index (χ4v) is 4.34. The van der Waals surface area contributed by atoms with Gasteiger partial charge in [-0.1, -0.05) is 0 Å². The molecule has 0 spiro atoms. The Labute approximate surface area is 176 Å². The molecule has 1 atom stereocenters. The summed E-state index contributed by atoms with van der Waals surface area (Å²) in [6, 6.07) is 4.16. The van der Waals surface area contributed by atoms with Gasteiger partial charge in [0.2, 0.25) is 11.8 Å². The van der Waals surface area contributed by atoms with E-state index in [1.807, 2.05) is 23.2 Å². The second-order valence-electron chi connectivity index (χ2n) is 7.99. The number of ether oxygens (including phenoxy) is 1. The van der Waals surface area contributed by atoms with E-state index >= 15 is 0 Å². The van der Waals surface area contributed by atoms with Crippen LogP contribution in [0.5, 0.6) is 5.88 Å². The van der Waals surface area contributed by atoms with Crippen molar-refractivity contribution in [3.8, 4) is 17.0 Å². The molecule has 10 nitrogen and oxygen atoms in total. The average molecular weight is 432 g/mol. The van der Waals surface area contributed by atoms with Gasteiger partial charge >= 0.3 is 0 Å². The molecule has 3 aromatic heterocycles. The minimum Gasteiger partial charge on any atom is -0.477 e. The number of hydrogen-bond donors (Lipinski definition) is 3. The van der Waals surface area contributed by atoms with Crippen molar-refractivity contribution in [2.45, 2.75) is 31.7 Å². The molecule has 2 aliphatic rings. The lowest BCUT2D eigenvalue weighted by Crippen LogP contribution is -2.40. The maximum atomic E-state index is 11.0. The van der Waals surface area contributed by atoms with E-state index in [9.17, 15) is 4.21 Å². The third-order valence-corrected chi connectivity index (χ3v) is 6.22. The molecule has 1 unspecified atom stereocenters. The van der Waals surface area contributed by atoms with Crippen molar-refractivity contribution in [3.63, 3.8) is 0 Å². The summed E-state index contributed by atoms with van der Waals surface area (Å²) in [6.45, 7) is 2.23. The second kappa shape index (κ2) is 8.32. The number of nitrogens with one attached hydrogen (secondary N) is 2. The van der Waals surface area contributed by atoms with Crippen LogP contribution < -0.4 is 10.1 Å². The summed E-state index contributed by atoms with van der Waals surface area (Å²) >= 11 is -1.78. The fourth-order valence-electron chi connectivity index (χ4n) is 3.77. The predicted molar refractivity (Wildman–Crippen MR) is 113 cm³/mol. The summed E-state index contributed by atoms with van der Waals surface area (Å²) in [5.74, 6) is 2.08. The van der Waals surface area contributed by atoms with Gasteiger partial charge in [0.25, 0.3) is 0 Å². The normalized spacial score (nSPS) is 19.2. The highest BCUT2D eigenvalue weighted by Crippen LogP contribution is 2.34. The Morgan fingerprint density at radius 2 is 2.10 bits per heavy atom. The number of pyridine rings is 1. The van der Waals surface area contributed by atoms with Gasteiger partial charge in [0.15, 0.2) is 16.7 Å². The number of likely N-dealkylation sites (tertiary alicyclic amines) is 1. The first-order valence-electron chi connectivity index (χ1n) is 10.2. The summed E-state index contributed by atoms with van der Waals surface area (Å²) in [5.41, 5.74) is 2.60. The third kappa shape index (κ3) is 4.32. The molecule has 0 radical (unpaired) electrons. The smallest absolute Gasteiger partial charge is 0.243 e. The van der Waals surface area contributed by atoms with E-state index in [0.717, 1.165) is 42.7 Å². The third-order valence-electron chi connectivity index (χ3n) is 5.63. The van der Waals surface area contributed by atoms with Crippen molar-refractivity contribution in [3.05, 3.63) is 24.5 Å². The lowest BCUT2D eigenvalue weighted by atomic mass is 10.1. The number of aromatic amines is 1. The molecule has 1 aliphatic heterocycles. The summed E-state index contributed by atoms with van der Waals surface area (Å²) in [4.78, 5) is 6.64. The second-order valence-corrected chi connectivity index (χ2v) is 8.89. The van der Waals surface area contributed by atoms with Crippen LogP contribution in [0.15, 0.2) is 24.5 Å². The number of aromatic nitrogens is 5. The highest BCUT2D eigenvalue weighted by Gasteiger charge is 2.25. The van der Waals surface area contributed by atoms with Crippen LogP contribution in [0, 0.1) is 5.92 Å². The Balaban J connectivity index is 1.35. The molecule has 3 N–H and O–H groups in total. The maximum absolute atomic E-state index is 11.0. The molecule has 160 valence electrons. The predicted octanol–water partition coefficient (Wildman–Crippen LogP) is 1.96. The molecule has 0 aromatic carbocycles. The molecule has 2 fully saturated rings. The zero-order chi connectivity index (χ0) is 20.5. The number of hydrogen-bond acceptors (Lipinski definition) is 7. The van der Waals surface area contributed by atoms with Gasteiger partial charge in [-0.2, -0.15) is 14.6 Å². The lowest BCUT2D eigenvalue weighted by molar-refractivity contribution is 0.247. The zero-order valence-electron chi connectivity index (χ0n) is 16.5. The topological polar surface area (TPSA) is 121 Å². The summed E-state index contributed by atoms with van der Waals surface area (Å²) in [5, 5.41) is 15.0. The van der Waals surface area contributed by atoms with Gasteiger partial charge in [-0.25, -0.2) is 4.21 Å². The van der Waals surface area contributed by atoms with E-state index in [-0.39, 0.29) is 11.9 Å². The van der Waals surface area contributed by atoms with E-state index in [2.05, 4.69) is 25.6 Å². The van der Waals surface area contributed by atoms with Gasteiger partial charge in [0.05, 0.1) is 12.8 Å². The van der Waals surface area contributed by atoms with Gasteiger partial charge in [0.1, 0.15) is 5.88 Å². The largest absolute Gasteiger partial charge is 0.477 e. The van der Waals surface area contributed by atoms with Crippen molar-refractivity contribution in [2.24, 2.45) is 5.92 Å². The lowest BCUT2D eigenvalue weighted by Gasteiger charge is -2.30. The molecular formula is C19H25N7O3S. The van der Waals surface area contributed by atoms with Gasteiger partial charge in [0, 0.05) is 36.5 Å². The van der Waals surface area contributed by atoms with Gasteiger partial charge < -0.3 is 14.6 Å². The number of fused-ring (bicyclic) bond motifs is 1. The first kappa shape index (κ1) is 19.5. The number of rotatable bonds is 8. The number of piperidine rings is 1. The molecule has 11 heteroatoms. The van der Waals surface area contributed by atoms with Crippen LogP contribution in [0.4, 0.5) is 5.95 Å². The van der Waals surface area contributed by atoms with Crippen molar-refractivity contribution in [2.75, 3.05) is 30.9 Å². The standard InChI is InChI=1S/C19H25N7O3S/c27-30(28)12-25-7-5-15(6-8-25)22-19-23-17-4-3-16(14-9-20-21-10-14)18(26(17)24-19)29-11-13-1-2-13/h3-4,9-10,13,15H,1-2,5-8,11-12H2,(H,20,21)(H,22,24)(H,27,28). The zero-order valence-corrected chi connectivity index (χ0v) is 17.3. The SMILES string of the molecule is O=S(O)CN1CCC(Nc2nc3ccc(-c4cn[nH]c4)c(OCC4CC4)n3n2)CC1. The summed E-state index contributed by atoms with van der Waals surface area (Å²) in [7, 11) is 0. The van der Waals surface area contributed by atoms with Gasteiger partial charge in [-0.05, 0) is 43.7 Å². The molecule has 1 aliphatic carbocycles. The summed E-state index contributed by atoms with van der Waals surface area (Å²) < 4.78 is 28.0. The Hall–Kier alpha value is -2.50. The van der Waals surface area contributed by atoms with Crippen LogP contribution in [0.3, 0.4) is 0 Å². The Bertz CT molecular complexity index is 1030. The fraction of sp³-hybridized carbons (Fsp3) is 0.526. The van der Waals surface area contributed by atoms with E-state index in [1.54, 1.807) is 10.7 Å². The molecule has 1 saturated heterocycles. The number of anilines is 1. The van der Waals surface area contributed by atoms with Crippen molar-refractivity contribution < 1.29 is 13.5 Å². The molecule has 1 saturated carbocycles. The summed E-state index contributed by atoms with van der Waals surface area (Å²) in [6.07, 6.45) is 7.78. The minimum absolute atomic E-state index is 0.206. The first-order chi connectivity index (χ1) is 14.7. The average Bonchev–Trinajstić information content (AvgIpc) is 3.22. The molecule has 4 heterocycles. The molecule has 5 rings (SSSR count). The van der Waals surface area contributed by atoms with E-state index in [1.165, 1.54) is 12.8 Å². The van der Waals surface area contributed by atoms with Gasteiger partial charge in [-0.3, -0.25) is 10.00 Å². The molecule has 0 amide bonds. The van der Waals surface area contributed by atoms with E-state index in [4.69, 9.17) is 9.29 Å². The van der Waals surface area contributed by atoms with Crippen LogP contribution in [-0.4, -0.2) is 70.1 Å². The highest BCUT2D eigenvalue weighted by atomic mass is 32.2. The van der Waals surface area contributed by atoms with Crippen LogP contribution in [-0.2, 0) is 11.1 Å². The quantitative estimate of drug-likeness (QED) is 0.463. The van der Waals surface area contributed by atoms with Crippen molar-refractivity contribution >= 4 is 22.7 Å². The minimum atomic E-state index is -1.78. The molecule has 3 aromatic rings. The van der Waals surface area contributed by atoms with Crippen molar-refractivity contribution in [1.82, 2.24) is 29.7 Å². The van der Waals surface area contributed by atoms with Crippen molar-refractivity contribution in [1.29, 1.82) is 0 Å². The monoisotopic (exact) mass is 431 g/mol. The van der Waals surface area contributed by atoms with Gasteiger partial charge in [-0.15, -0.1) is 5.10 Å². The number of H-pyrrole nitrogens is 1. The highest BCUT2D eigenvalue weighted by molar-refractivity contribution is 7.79.